The minimum absolute atomic E-state index is 0.0894. The Bertz CT molecular complexity index is 719. The summed E-state index contributed by atoms with van der Waals surface area (Å²) >= 11 is 0. The molecule has 0 fully saturated rings. The molecule has 0 saturated carbocycles. The van der Waals surface area contributed by atoms with Crippen LogP contribution in [0.15, 0.2) is 0 Å². The second kappa shape index (κ2) is 36.8. The Balaban J connectivity index is 4.23. The van der Waals surface area contributed by atoms with E-state index in [2.05, 4.69) is 13.8 Å². The highest BCUT2D eigenvalue weighted by Crippen LogP contribution is 2.16. The van der Waals surface area contributed by atoms with Gasteiger partial charge in [0.2, 0.25) is 5.91 Å². The van der Waals surface area contributed by atoms with Crippen LogP contribution >= 0.6 is 0 Å². The van der Waals surface area contributed by atoms with E-state index in [0.29, 0.717) is 13.0 Å². The SMILES string of the molecule is CCCCCCCCCCCCCCCCCCN(CC(=O)[C@@H](O)[C@H](O)[C@H](O)CO)C(=O)CCCCCCCCCCCCCCCCC. The Hall–Kier alpha value is -1.02. The van der Waals surface area contributed by atoms with Crippen molar-refractivity contribution in [2.24, 2.45) is 0 Å². The Labute approximate surface area is 303 Å². The molecule has 7 heteroatoms. The lowest BCUT2D eigenvalue weighted by atomic mass is 10.0. The summed E-state index contributed by atoms with van der Waals surface area (Å²) in [7, 11) is 0. The third kappa shape index (κ3) is 30.3. The molecular formula is C42H83NO6. The molecule has 49 heavy (non-hydrogen) atoms. The van der Waals surface area contributed by atoms with Gasteiger partial charge in [-0.2, -0.15) is 0 Å². The van der Waals surface area contributed by atoms with Gasteiger partial charge in [0.05, 0.1) is 13.2 Å². The summed E-state index contributed by atoms with van der Waals surface area (Å²) in [6.45, 7) is 3.94. The first kappa shape index (κ1) is 48.0. The summed E-state index contributed by atoms with van der Waals surface area (Å²) in [4.78, 5) is 27.4. The van der Waals surface area contributed by atoms with Crippen molar-refractivity contribution in [1.82, 2.24) is 4.90 Å². The Kier molecular flexibility index (Phi) is 36.0. The Morgan fingerprint density at radius 2 is 0.776 bits per heavy atom. The van der Waals surface area contributed by atoms with E-state index >= 15 is 0 Å². The maximum absolute atomic E-state index is 13.1. The first-order valence-corrected chi connectivity index (χ1v) is 21.3. The van der Waals surface area contributed by atoms with E-state index in [1.807, 2.05) is 0 Å². The smallest absolute Gasteiger partial charge is 0.222 e. The van der Waals surface area contributed by atoms with Crippen LogP contribution in [0, 0.1) is 0 Å². The Morgan fingerprint density at radius 1 is 0.469 bits per heavy atom. The zero-order valence-corrected chi connectivity index (χ0v) is 32.5. The third-order valence-corrected chi connectivity index (χ3v) is 10.2. The van der Waals surface area contributed by atoms with E-state index < -0.39 is 30.7 Å². The number of hydrogen-bond acceptors (Lipinski definition) is 6. The van der Waals surface area contributed by atoms with E-state index in [1.165, 1.54) is 165 Å². The van der Waals surface area contributed by atoms with Crippen molar-refractivity contribution in [3.05, 3.63) is 0 Å². The second-order valence-corrected chi connectivity index (χ2v) is 15.0. The molecular weight excluding hydrogens is 614 g/mol. The molecule has 0 bridgehead atoms. The summed E-state index contributed by atoms with van der Waals surface area (Å²) < 4.78 is 0. The molecule has 0 aliphatic carbocycles. The standard InChI is InChI=1S/C42H83NO6/c1-3-5-7-9-11-13-15-17-19-21-23-25-27-29-31-33-35-43(36-38(45)41(48)42(49)39(46)37-44)40(47)34-32-30-28-26-24-22-20-18-16-14-12-10-8-6-4-2/h39,41-42,44,46,48-49H,3-37H2,1-2H3/t39-,41-,42-/m1/s1. The average Bonchev–Trinajstić information content (AvgIpc) is 3.11. The number of carbonyl (C=O) groups is 2. The minimum atomic E-state index is -1.84. The maximum Gasteiger partial charge on any atom is 0.222 e. The maximum atomic E-state index is 13.1. The lowest BCUT2D eigenvalue weighted by molar-refractivity contribution is -0.145. The normalized spacial score (nSPS) is 13.4. The number of aliphatic hydroxyl groups excluding tert-OH is 4. The van der Waals surface area contributed by atoms with Crippen LogP contribution in [0.4, 0.5) is 0 Å². The molecule has 0 spiro atoms. The van der Waals surface area contributed by atoms with Crippen molar-refractivity contribution < 1.29 is 30.0 Å². The van der Waals surface area contributed by atoms with E-state index in [4.69, 9.17) is 5.11 Å². The van der Waals surface area contributed by atoms with Crippen LogP contribution in [-0.2, 0) is 9.59 Å². The van der Waals surface area contributed by atoms with Gasteiger partial charge in [-0.3, -0.25) is 9.59 Å². The molecule has 0 aliphatic heterocycles. The van der Waals surface area contributed by atoms with Crippen molar-refractivity contribution >= 4 is 11.7 Å². The molecule has 0 aromatic rings. The molecule has 0 unspecified atom stereocenters. The zero-order chi connectivity index (χ0) is 36.2. The molecule has 0 aromatic heterocycles. The fourth-order valence-electron chi connectivity index (χ4n) is 6.74. The van der Waals surface area contributed by atoms with Gasteiger partial charge < -0.3 is 25.3 Å². The number of carbonyl (C=O) groups excluding carboxylic acids is 2. The van der Waals surface area contributed by atoms with Crippen LogP contribution < -0.4 is 0 Å². The molecule has 0 aromatic carbocycles. The molecule has 1 amide bonds. The number of rotatable bonds is 39. The zero-order valence-electron chi connectivity index (χ0n) is 32.5. The van der Waals surface area contributed by atoms with Crippen LogP contribution in [0.5, 0.6) is 0 Å². The highest BCUT2D eigenvalue weighted by molar-refractivity contribution is 5.89. The lowest BCUT2D eigenvalue weighted by Crippen LogP contribution is -2.48. The molecule has 4 N–H and O–H groups in total. The summed E-state index contributed by atoms with van der Waals surface area (Å²) in [6.07, 6.45) is 34.4. The van der Waals surface area contributed by atoms with E-state index in [0.717, 1.165) is 38.5 Å². The number of amides is 1. The van der Waals surface area contributed by atoms with Crippen LogP contribution in [0.2, 0.25) is 0 Å². The van der Waals surface area contributed by atoms with Gasteiger partial charge in [-0.25, -0.2) is 0 Å². The second-order valence-electron chi connectivity index (χ2n) is 15.0. The van der Waals surface area contributed by atoms with Crippen molar-refractivity contribution in [3.63, 3.8) is 0 Å². The number of hydrogen-bond donors (Lipinski definition) is 4. The average molecular weight is 698 g/mol. The summed E-state index contributed by atoms with van der Waals surface area (Å²) in [6, 6.07) is 0. The highest BCUT2D eigenvalue weighted by Gasteiger charge is 2.31. The molecule has 292 valence electrons. The van der Waals surface area contributed by atoms with Gasteiger partial charge in [0.15, 0.2) is 5.78 Å². The van der Waals surface area contributed by atoms with Crippen molar-refractivity contribution in [3.8, 4) is 0 Å². The van der Waals surface area contributed by atoms with Gasteiger partial charge in [-0.15, -0.1) is 0 Å². The van der Waals surface area contributed by atoms with Crippen molar-refractivity contribution in [2.45, 2.75) is 238 Å². The number of Topliss-reactive ketones (excluding diaryl/α,β-unsaturated/α-hetero) is 1. The monoisotopic (exact) mass is 698 g/mol. The predicted molar refractivity (Wildman–Crippen MR) is 206 cm³/mol. The number of ketones is 1. The van der Waals surface area contributed by atoms with Crippen LogP contribution in [-0.4, -0.2) is 75.0 Å². The van der Waals surface area contributed by atoms with E-state index in [1.54, 1.807) is 0 Å². The predicted octanol–water partition coefficient (Wildman–Crippen LogP) is 9.98. The molecule has 0 saturated heterocycles. The number of nitrogens with zero attached hydrogens (tertiary/aromatic N) is 1. The fraction of sp³-hybridized carbons (Fsp3) is 0.952. The topological polar surface area (TPSA) is 118 Å². The number of unbranched alkanes of at least 4 members (excludes halogenated alkanes) is 29. The van der Waals surface area contributed by atoms with Crippen LogP contribution in [0.25, 0.3) is 0 Å². The van der Waals surface area contributed by atoms with Gasteiger partial charge in [0, 0.05) is 13.0 Å². The van der Waals surface area contributed by atoms with Gasteiger partial charge >= 0.3 is 0 Å². The van der Waals surface area contributed by atoms with Gasteiger partial charge in [-0.1, -0.05) is 200 Å². The fourth-order valence-corrected chi connectivity index (χ4v) is 6.74. The summed E-state index contributed by atoms with van der Waals surface area (Å²) in [5.74, 6) is -0.797. The highest BCUT2D eigenvalue weighted by atomic mass is 16.4. The summed E-state index contributed by atoms with van der Waals surface area (Å²) in [5.41, 5.74) is 0. The van der Waals surface area contributed by atoms with Crippen molar-refractivity contribution in [2.75, 3.05) is 19.7 Å². The van der Waals surface area contributed by atoms with E-state index in [9.17, 15) is 24.9 Å². The minimum Gasteiger partial charge on any atom is -0.394 e. The van der Waals surface area contributed by atoms with E-state index in [-0.39, 0.29) is 12.5 Å². The van der Waals surface area contributed by atoms with Crippen LogP contribution in [0.1, 0.15) is 219 Å². The summed E-state index contributed by atoms with van der Waals surface area (Å²) in [5, 5.41) is 39.0. The molecule has 0 radical (unpaired) electrons. The van der Waals surface area contributed by atoms with Gasteiger partial charge in [0.1, 0.15) is 18.3 Å². The Morgan fingerprint density at radius 3 is 1.10 bits per heavy atom. The largest absolute Gasteiger partial charge is 0.394 e. The first-order chi connectivity index (χ1) is 23.9. The number of aliphatic hydroxyl groups is 4. The molecule has 0 heterocycles. The molecule has 0 rings (SSSR count). The molecule has 7 nitrogen and oxygen atoms in total. The quantitative estimate of drug-likeness (QED) is 0.0475. The lowest BCUT2D eigenvalue weighted by Gasteiger charge is -2.26. The third-order valence-electron chi connectivity index (χ3n) is 10.2. The first-order valence-electron chi connectivity index (χ1n) is 21.3. The molecule has 0 aliphatic rings. The molecule has 3 atom stereocenters. The van der Waals surface area contributed by atoms with Gasteiger partial charge in [0.25, 0.3) is 0 Å². The van der Waals surface area contributed by atoms with Crippen LogP contribution in [0.3, 0.4) is 0 Å². The van der Waals surface area contributed by atoms with Crippen molar-refractivity contribution in [1.29, 1.82) is 0 Å². The van der Waals surface area contributed by atoms with Gasteiger partial charge in [-0.05, 0) is 12.8 Å².